The van der Waals surface area contributed by atoms with Crippen LogP contribution in [0.25, 0.3) is 0 Å². The van der Waals surface area contributed by atoms with E-state index in [2.05, 4.69) is 45.5 Å². The van der Waals surface area contributed by atoms with Crippen LogP contribution < -0.4 is 5.32 Å². The van der Waals surface area contributed by atoms with Gasteiger partial charge in [-0.2, -0.15) is 0 Å². The second-order valence-corrected chi connectivity index (χ2v) is 4.38. The van der Waals surface area contributed by atoms with E-state index in [9.17, 15) is 0 Å². The molecule has 1 aromatic carbocycles. The molecule has 1 heterocycles. The Hall–Kier alpha value is -0.0900. The molecule has 0 bridgehead atoms. The molecular formula is C11H15BrClNO. The molecule has 1 atom stereocenters. The van der Waals surface area contributed by atoms with Gasteiger partial charge in [-0.25, -0.2) is 0 Å². The standard InChI is InChI=1S/C11H14BrNO.ClH/c12-10-4-2-9(3-5-10)11-8-13-6-1-7-14-11;/h2-5,11,13H,1,6-8H2;1H/t11-;/m0./s1. The number of ether oxygens (including phenoxy) is 1. The lowest BCUT2D eigenvalue weighted by atomic mass is 10.1. The second kappa shape index (κ2) is 6.48. The number of benzene rings is 1. The Kier molecular flexibility index (Phi) is 5.61. The van der Waals surface area contributed by atoms with Crippen LogP contribution in [0.5, 0.6) is 0 Å². The van der Waals surface area contributed by atoms with E-state index in [0.717, 1.165) is 30.6 Å². The first-order valence-electron chi connectivity index (χ1n) is 4.94. The summed E-state index contributed by atoms with van der Waals surface area (Å²) in [5.41, 5.74) is 1.25. The predicted molar refractivity (Wildman–Crippen MR) is 67.6 cm³/mol. The zero-order chi connectivity index (χ0) is 9.80. The van der Waals surface area contributed by atoms with Gasteiger partial charge in [-0.1, -0.05) is 28.1 Å². The molecule has 0 aromatic heterocycles. The Balaban J connectivity index is 0.00000112. The van der Waals surface area contributed by atoms with Crippen LogP contribution in [0.1, 0.15) is 18.1 Å². The van der Waals surface area contributed by atoms with Gasteiger partial charge in [0.05, 0.1) is 6.10 Å². The van der Waals surface area contributed by atoms with E-state index in [1.807, 2.05) is 0 Å². The summed E-state index contributed by atoms with van der Waals surface area (Å²) in [7, 11) is 0. The first kappa shape index (κ1) is 13.0. The molecule has 1 aromatic rings. The van der Waals surface area contributed by atoms with Gasteiger partial charge < -0.3 is 10.1 Å². The Morgan fingerprint density at radius 3 is 2.73 bits per heavy atom. The fourth-order valence-corrected chi connectivity index (χ4v) is 1.87. The second-order valence-electron chi connectivity index (χ2n) is 3.47. The molecule has 15 heavy (non-hydrogen) atoms. The molecule has 0 radical (unpaired) electrons. The third-order valence-electron chi connectivity index (χ3n) is 2.39. The minimum Gasteiger partial charge on any atom is -0.372 e. The average Bonchev–Trinajstić information content (AvgIpc) is 2.47. The summed E-state index contributed by atoms with van der Waals surface area (Å²) in [6.07, 6.45) is 1.32. The zero-order valence-corrected chi connectivity index (χ0v) is 10.8. The van der Waals surface area contributed by atoms with Crippen molar-refractivity contribution in [3.63, 3.8) is 0 Å². The van der Waals surface area contributed by atoms with Gasteiger partial charge in [-0.15, -0.1) is 12.4 Å². The average molecular weight is 293 g/mol. The van der Waals surface area contributed by atoms with Crippen LogP contribution in [0.2, 0.25) is 0 Å². The van der Waals surface area contributed by atoms with Crippen LogP contribution in [0.15, 0.2) is 28.7 Å². The fraction of sp³-hybridized carbons (Fsp3) is 0.455. The predicted octanol–water partition coefficient (Wildman–Crippen LogP) is 2.92. The molecule has 2 rings (SSSR count). The molecule has 1 N–H and O–H groups in total. The van der Waals surface area contributed by atoms with Crippen LogP contribution in [0, 0.1) is 0 Å². The van der Waals surface area contributed by atoms with Gasteiger partial charge in [0, 0.05) is 17.6 Å². The number of rotatable bonds is 1. The van der Waals surface area contributed by atoms with Crippen LogP contribution in [0.3, 0.4) is 0 Å². The number of nitrogens with one attached hydrogen (secondary N) is 1. The summed E-state index contributed by atoms with van der Waals surface area (Å²) in [4.78, 5) is 0. The third kappa shape index (κ3) is 3.76. The summed E-state index contributed by atoms with van der Waals surface area (Å²) < 4.78 is 6.86. The van der Waals surface area contributed by atoms with Gasteiger partial charge in [-0.05, 0) is 30.7 Å². The number of hydrogen-bond donors (Lipinski definition) is 1. The van der Waals surface area contributed by atoms with Crippen LogP contribution in [0.4, 0.5) is 0 Å². The first-order chi connectivity index (χ1) is 6.86. The van der Waals surface area contributed by atoms with E-state index < -0.39 is 0 Å². The largest absolute Gasteiger partial charge is 0.372 e. The molecule has 0 saturated carbocycles. The summed E-state index contributed by atoms with van der Waals surface area (Å²) >= 11 is 3.43. The molecule has 1 aliphatic heterocycles. The SMILES string of the molecule is Brc1ccc([C@@H]2CNCCCO2)cc1.Cl. The van der Waals surface area contributed by atoms with Crippen molar-refractivity contribution >= 4 is 28.3 Å². The highest BCUT2D eigenvalue weighted by Gasteiger charge is 2.13. The van der Waals surface area contributed by atoms with Crippen molar-refractivity contribution < 1.29 is 4.74 Å². The maximum absolute atomic E-state index is 5.75. The van der Waals surface area contributed by atoms with Gasteiger partial charge >= 0.3 is 0 Å². The Labute approximate surface area is 105 Å². The van der Waals surface area contributed by atoms with E-state index in [0.29, 0.717) is 0 Å². The quantitative estimate of drug-likeness (QED) is 0.859. The minimum absolute atomic E-state index is 0. The maximum Gasteiger partial charge on any atom is 0.0949 e. The molecule has 1 fully saturated rings. The highest BCUT2D eigenvalue weighted by molar-refractivity contribution is 9.10. The van der Waals surface area contributed by atoms with Crippen LogP contribution in [-0.4, -0.2) is 19.7 Å². The van der Waals surface area contributed by atoms with Crippen molar-refractivity contribution in [3.05, 3.63) is 34.3 Å². The van der Waals surface area contributed by atoms with Gasteiger partial charge in [0.1, 0.15) is 0 Å². The Bertz CT molecular complexity index is 283. The van der Waals surface area contributed by atoms with Crippen molar-refractivity contribution in [1.29, 1.82) is 0 Å². The van der Waals surface area contributed by atoms with Gasteiger partial charge in [0.15, 0.2) is 0 Å². The number of hydrogen-bond acceptors (Lipinski definition) is 2. The van der Waals surface area contributed by atoms with Crippen LogP contribution in [-0.2, 0) is 4.74 Å². The van der Waals surface area contributed by atoms with E-state index in [1.54, 1.807) is 0 Å². The topological polar surface area (TPSA) is 21.3 Å². The lowest BCUT2D eigenvalue weighted by molar-refractivity contribution is 0.0669. The monoisotopic (exact) mass is 291 g/mol. The molecule has 0 spiro atoms. The van der Waals surface area contributed by atoms with Crippen molar-refractivity contribution in [2.45, 2.75) is 12.5 Å². The van der Waals surface area contributed by atoms with Crippen LogP contribution >= 0.6 is 28.3 Å². The maximum atomic E-state index is 5.75. The van der Waals surface area contributed by atoms with Gasteiger partial charge in [0.2, 0.25) is 0 Å². The molecular weight excluding hydrogens is 277 g/mol. The minimum atomic E-state index is 0. The van der Waals surface area contributed by atoms with Crippen molar-refractivity contribution in [2.75, 3.05) is 19.7 Å². The third-order valence-corrected chi connectivity index (χ3v) is 2.92. The highest BCUT2D eigenvalue weighted by atomic mass is 79.9. The van der Waals surface area contributed by atoms with Crippen molar-refractivity contribution in [1.82, 2.24) is 5.32 Å². The van der Waals surface area contributed by atoms with E-state index >= 15 is 0 Å². The highest BCUT2D eigenvalue weighted by Crippen LogP contribution is 2.20. The van der Waals surface area contributed by atoms with Crippen molar-refractivity contribution in [3.8, 4) is 0 Å². The normalized spacial score (nSPS) is 21.5. The van der Waals surface area contributed by atoms with E-state index in [4.69, 9.17) is 4.74 Å². The Morgan fingerprint density at radius 2 is 2.00 bits per heavy atom. The molecule has 1 saturated heterocycles. The molecule has 2 nitrogen and oxygen atoms in total. The lowest BCUT2D eigenvalue weighted by Crippen LogP contribution is -2.19. The van der Waals surface area contributed by atoms with E-state index in [-0.39, 0.29) is 18.5 Å². The van der Waals surface area contributed by atoms with E-state index in [1.165, 1.54) is 5.56 Å². The molecule has 0 unspecified atom stereocenters. The van der Waals surface area contributed by atoms with Gasteiger partial charge in [-0.3, -0.25) is 0 Å². The summed E-state index contributed by atoms with van der Waals surface area (Å²) in [6.45, 7) is 2.84. The summed E-state index contributed by atoms with van der Waals surface area (Å²) in [5.74, 6) is 0. The lowest BCUT2D eigenvalue weighted by Gasteiger charge is -2.15. The zero-order valence-electron chi connectivity index (χ0n) is 8.41. The first-order valence-corrected chi connectivity index (χ1v) is 5.73. The Morgan fingerprint density at radius 1 is 1.27 bits per heavy atom. The number of halogens is 2. The molecule has 4 heteroatoms. The molecule has 0 aliphatic carbocycles. The summed E-state index contributed by atoms with van der Waals surface area (Å²) in [6, 6.07) is 8.34. The smallest absolute Gasteiger partial charge is 0.0949 e. The fourth-order valence-electron chi connectivity index (χ4n) is 1.61. The molecule has 0 amide bonds. The van der Waals surface area contributed by atoms with Gasteiger partial charge in [0.25, 0.3) is 0 Å². The summed E-state index contributed by atoms with van der Waals surface area (Å²) in [5, 5.41) is 3.37. The molecule has 84 valence electrons. The molecule has 1 aliphatic rings. The van der Waals surface area contributed by atoms with Crippen molar-refractivity contribution in [2.24, 2.45) is 0 Å².